The minimum Gasteiger partial charge on any atom is -0.459 e. The first-order chi connectivity index (χ1) is 14.0. The lowest BCUT2D eigenvalue weighted by molar-refractivity contribution is 0.0378. The SMILES string of the molecule is CC(C)OC(=O)c1cccc(Nc2ncnc3scc(-c4ccc(F)cc4)c23)c1. The molecule has 4 rings (SSSR count). The molecule has 1 N–H and O–H groups in total. The highest BCUT2D eigenvalue weighted by atomic mass is 32.1. The van der Waals surface area contributed by atoms with Gasteiger partial charge in [0.15, 0.2) is 0 Å². The van der Waals surface area contributed by atoms with Crippen LogP contribution in [0.15, 0.2) is 60.2 Å². The highest BCUT2D eigenvalue weighted by Crippen LogP contribution is 2.37. The van der Waals surface area contributed by atoms with Gasteiger partial charge in [-0.15, -0.1) is 11.3 Å². The Morgan fingerprint density at radius 2 is 1.93 bits per heavy atom. The Hall–Kier alpha value is -3.32. The summed E-state index contributed by atoms with van der Waals surface area (Å²) >= 11 is 1.49. The van der Waals surface area contributed by atoms with Crippen LogP contribution in [-0.2, 0) is 4.74 Å². The van der Waals surface area contributed by atoms with Gasteiger partial charge in [-0.3, -0.25) is 0 Å². The van der Waals surface area contributed by atoms with Crippen LogP contribution in [0.1, 0.15) is 24.2 Å². The quantitative estimate of drug-likeness (QED) is 0.423. The number of rotatable bonds is 5. The van der Waals surface area contributed by atoms with E-state index in [1.165, 1.54) is 29.8 Å². The lowest BCUT2D eigenvalue weighted by Crippen LogP contribution is -2.11. The van der Waals surface area contributed by atoms with Crippen LogP contribution in [0.5, 0.6) is 0 Å². The molecule has 4 aromatic rings. The molecule has 0 saturated heterocycles. The van der Waals surface area contributed by atoms with E-state index in [1.807, 2.05) is 25.3 Å². The van der Waals surface area contributed by atoms with E-state index in [1.54, 1.807) is 30.3 Å². The highest BCUT2D eigenvalue weighted by Gasteiger charge is 2.15. The van der Waals surface area contributed by atoms with Gasteiger partial charge in [0.1, 0.15) is 22.8 Å². The average Bonchev–Trinajstić information content (AvgIpc) is 3.13. The number of hydrogen-bond acceptors (Lipinski definition) is 6. The molecule has 2 aromatic heterocycles. The molecule has 2 aromatic carbocycles. The van der Waals surface area contributed by atoms with Gasteiger partial charge >= 0.3 is 5.97 Å². The van der Waals surface area contributed by atoms with Crippen LogP contribution < -0.4 is 5.32 Å². The molecule has 0 saturated carbocycles. The van der Waals surface area contributed by atoms with E-state index < -0.39 is 0 Å². The molecule has 0 fully saturated rings. The van der Waals surface area contributed by atoms with Gasteiger partial charge in [0.05, 0.1) is 17.1 Å². The first kappa shape index (κ1) is 19.0. The number of carbonyl (C=O) groups excluding carboxylic acids is 1. The summed E-state index contributed by atoms with van der Waals surface area (Å²) < 4.78 is 18.6. The maximum Gasteiger partial charge on any atom is 0.338 e. The second-order valence-corrected chi connectivity index (χ2v) is 7.58. The lowest BCUT2D eigenvalue weighted by atomic mass is 10.1. The smallest absolute Gasteiger partial charge is 0.338 e. The van der Waals surface area contributed by atoms with Crippen molar-refractivity contribution in [2.45, 2.75) is 20.0 Å². The summed E-state index contributed by atoms with van der Waals surface area (Å²) in [5.74, 6) is -0.0445. The summed E-state index contributed by atoms with van der Waals surface area (Å²) in [6.07, 6.45) is 1.30. The monoisotopic (exact) mass is 407 g/mol. The van der Waals surface area contributed by atoms with Crippen molar-refractivity contribution in [2.24, 2.45) is 0 Å². The Balaban J connectivity index is 1.71. The first-order valence-corrected chi connectivity index (χ1v) is 9.95. The van der Waals surface area contributed by atoms with E-state index in [0.717, 1.165) is 21.3 Å². The molecule has 5 nitrogen and oxygen atoms in total. The fourth-order valence-corrected chi connectivity index (χ4v) is 3.87. The Morgan fingerprint density at radius 3 is 2.69 bits per heavy atom. The fourth-order valence-electron chi connectivity index (χ4n) is 2.95. The van der Waals surface area contributed by atoms with Gasteiger partial charge in [0.2, 0.25) is 0 Å². The maximum atomic E-state index is 13.3. The molecular formula is C22H18FN3O2S. The Kier molecular flexibility index (Phi) is 5.22. The predicted octanol–water partition coefficient (Wildman–Crippen LogP) is 5.81. The van der Waals surface area contributed by atoms with Gasteiger partial charge in [0.25, 0.3) is 0 Å². The topological polar surface area (TPSA) is 64.1 Å². The summed E-state index contributed by atoms with van der Waals surface area (Å²) in [7, 11) is 0. The molecule has 0 amide bonds. The molecule has 0 spiro atoms. The standard InChI is InChI=1S/C22H18FN3O2S/c1-13(2)28-22(27)15-4-3-5-17(10-15)26-20-19-18(11-29-21(19)25-12-24-20)14-6-8-16(23)9-7-14/h3-13H,1-2H3,(H,24,25,26). The number of anilines is 2. The molecule has 2 heterocycles. The van der Waals surface area contributed by atoms with Crippen LogP contribution in [0.25, 0.3) is 21.3 Å². The number of benzene rings is 2. The van der Waals surface area contributed by atoms with Crippen LogP contribution in [-0.4, -0.2) is 22.0 Å². The molecule has 7 heteroatoms. The van der Waals surface area contributed by atoms with E-state index >= 15 is 0 Å². The van der Waals surface area contributed by atoms with Crippen molar-refractivity contribution in [1.82, 2.24) is 9.97 Å². The lowest BCUT2D eigenvalue weighted by Gasteiger charge is -2.11. The maximum absolute atomic E-state index is 13.3. The highest BCUT2D eigenvalue weighted by molar-refractivity contribution is 7.17. The van der Waals surface area contributed by atoms with Gasteiger partial charge in [-0.05, 0) is 49.7 Å². The summed E-state index contributed by atoms with van der Waals surface area (Å²) in [6.45, 7) is 3.62. The van der Waals surface area contributed by atoms with Crippen LogP contribution in [0.2, 0.25) is 0 Å². The minimum absolute atomic E-state index is 0.190. The zero-order chi connectivity index (χ0) is 20.4. The first-order valence-electron chi connectivity index (χ1n) is 9.07. The zero-order valence-corrected chi connectivity index (χ0v) is 16.7. The molecule has 0 aliphatic carbocycles. The van der Waals surface area contributed by atoms with Gasteiger partial charge in [-0.1, -0.05) is 18.2 Å². The molecule has 0 radical (unpaired) electrons. The van der Waals surface area contributed by atoms with Crippen molar-refractivity contribution >= 4 is 39.0 Å². The zero-order valence-electron chi connectivity index (χ0n) is 15.8. The largest absolute Gasteiger partial charge is 0.459 e. The Bertz CT molecular complexity index is 1170. The number of carbonyl (C=O) groups is 1. The number of fused-ring (bicyclic) bond motifs is 1. The molecular weight excluding hydrogens is 389 g/mol. The van der Waals surface area contributed by atoms with Crippen molar-refractivity contribution in [2.75, 3.05) is 5.32 Å². The number of halogens is 1. The average molecular weight is 407 g/mol. The number of aromatic nitrogens is 2. The summed E-state index contributed by atoms with van der Waals surface area (Å²) in [4.78, 5) is 21.7. The molecule has 0 aliphatic rings. The molecule has 0 unspecified atom stereocenters. The molecule has 0 aliphatic heterocycles. The summed E-state index contributed by atoms with van der Waals surface area (Å²) in [6, 6.07) is 13.4. The Labute approximate surface area is 171 Å². The fraction of sp³-hybridized carbons (Fsp3) is 0.136. The minimum atomic E-state index is -0.376. The number of hydrogen-bond donors (Lipinski definition) is 1. The van der Waals surface area contributed by atoms with E-state index in [2.05, 4.69) is 15.3 Å². The van der Waals surface area contributed by atoms with E-state index in [4.69, 9.17) is 4.74 Å². The molecule has 0 atom stereocenters. The third-order valence-electron chi connectivity index (χ3n) is 4.23. The van der Waals surface area contributed by atoms with E-state index in [9.17, 15) is 9.18 Å². The second kappa shape index (κ2) is 7.97. The van der Waals surface area contributed by atoms with Crippen LogP contribution in [0, 0.1) is 5.82 Å². The third-order valence-corrected chi connectivity index (χ3v) is 5.12. The van der Waals surface area contributed by atoms with Crippen LogP contribution in [0.4, 0.5) is 15.9 Å². The van der Waals surface area contributed by atoms with Crippen LogP contribution >= 0.6 is 11.3 Å². The third kappa shape index (κ3) is 4.09. The van der Waals surface area contributed by atoms with E-state index in [0.29, 0.717) is 17.1 Å². The van der Waals surface area contributed by atoms with Crippen LogP contribution in [0.3, 0.4) is 0 Å². The summed E-state index contributed by atoms with van der Waals surface area (Å²) in [5, 5.41) is 6.10. The number of nitrogens with zero attached hydrogens (tertiary/aromatic N) is 2. The van der Waals surface area contributed by atoms with Crippen molar-refractivity contribution in [3.63, 3.8) is 0 Å². The van der Waals surface area contributed by atoms with Crippen molar-refractivity contribution in [3.05, 3.63) is 71.6 Å². The normalized spacial score (nSPS) is 11.0. The van der Waals surface area contributed by atoms with Crippen molar-refractivity contribution < 1.29 is 13.9 Å². The molecule has 29 heavy (non-hydrogen) atoms. The predicted molar refractivity (Wildman–Crippen MR) is 113 cm³/mol. The second-order valence-electron chi connectivity index (χ2n) is 6.72. The van der Waals surface area contributed by atoms with Crippen molar-refractivity contribution in [3.8, 4) is 11.1 Å². The number of nitrogens with one attached hydrogen (secondary N) is 1. The van der Waals surface area contributed by atoms with Gasteiger partial charge < -0.3 is 10.1 Å². The van der Waals surface area contributed by atoms with Gasteiger partial charge in [0, 0.05) is 16.6 Å². The number of ether oxygens (including phenoxy) is 1. The van der Waals surface area contributed by atoms with E-state index in [-0.39, 0.29) is 17.9 Å². The molecule has 0 bridgehead atoms. The van der Waals surface area contributed by atoms with Crippen molar-refractivity contribution in [1.29, 1.82) is 0 Å². The van der Waals surface area contributed by atoms with Gasteiger partial charge in [-0.25, -0.2) is 19.2 Å². The number of thiophene rings is 1. The molecule has 146 valence electrons. The van der Waals surface area contributed by atoms with Gasteiger partial charge in [-0.2, -0.15) is 0 Å². The Morgan fingerprint density at radius 1 is 1.14 bits per heavy atom. The number of esters is 1. The summed E-state index contributed by atoms with van der Waals surface area (Å²) in [5.41, 5.74) is 2.96.